The lowest BCUT2D eigenvalue weighted by molar-refractivity contribution is 0.271. The number of benzene rings is 1. The molecule has 2 nitrogen and oxygen atoms in total. The van der Waals surface area contributed by atoms with Gasteiger partial charge in [0.25, 0.3) is 0 Å². The van der Waals surface area contributed by atoms with Crippen molar-refractivity contribution in [3.8, 4) is 5.75 Å². The van der Waals surface area contributed by atoms with E-state index in [2.05, 4.69) is 74.8 Å². The Morgan fingerprint density at radius 3 is 2.29 bits per heavy atom. The van der Waals surface area contributed by atoms with Crippen LogP contribution in [0.15, 0.2) is 41.8 Å². The highest BCUT2D eigenvalue weighted by molar-refractivity contribution is 7.10. The highest BCUT2D eigenvalue weighted by Gasteiger charge is 2.11. The second-order valence-electron chi connectivity index (χ2n) is 5.90. The third-order valence-corrected chi connectivity index (χ3v) is 4.49. The predicted molar refractivity (Wildman–Crippen MR) is 91.1 cm³/mol. The number of rotatable bonds is 7. The maximum Gasteiger partial charge on any atom is 0.119 e. The van der Waals surface area contributed by atoms with Gasteiger partial charge in [0.2, 0.25) is 0 Å². The van der Waals surface area contributed by atoms with Gasteiger partial charge in [0, 0.05) is 17.0 Å². The van der Waals surface area contributed by atoms with Crippen molar-refractivity contribution < 1.29 is 4.74 Å². The Morgan fingerprint density at radius 2 is 1.71 bits per heavy atom. The molecule has 2 atom stereocenters. The van der Waals surface area contributed by atoms with Crippen molar-refractivity contribution in [2.45, 2.75) is 39.8 Å². The average molecular weight is 303 g/mol. The topological polar surface area (TPSA) is 21.3 Å². The van der Waals surface area contributed by atoms with Crippen molar-refractivity contribution in [1.82, 2.24) is 5.32 Å². The van der Waals surface area contributed by atoms with E-state index in [0.717, 1.165) is 12.4 Å². The van der Waals surface area contributed by atoms with Crippen LogP contribution in [0.3, 0.4) is 0 Å². The van der Waals surface area contributed by atoms with E-state index < -0.39 is 0 Å². The number of nitrogens with one attached hydrogen (secondary N) is 1. The lowest BCUT2D eigenvalue weighted by atomic mass is 10.1. The van der Waals surface area contributed by atoms with Crippen molar-refractivity contribution >= 4 is 11.3 Å². The van der Waals surface area contributed by atoms with E-state index in [1.54, 1.807) is 11.3 Å². The first-order valence-electron chi connectivity index (χ1n) is 7.58. The van der Waals surface area contributed by atoms with Gasteiger partial charge in [-0.05, 0) is 48.9 Å². The Bertz CT molecular complexity index is 519. The fourth-order valence-electron chi connectivity index (χ4n) is 2.21. The van der Waals surface area contributed by atoms with Crippen molar-refractivity contribution in [1.29, 1.82) is 0 Å². The van der Waals surface area contributed by atoms with Crippen LogP contribution < -0.4 is 10.1 Å². The van der Waals surface area contributed by atoms with E-state index in [1.807, 2.05) is 0 Å². The van der Waals surface area contributed by atoms with Crippen LogP contribution in [0.2, 0.25) is 0 Å². The van der Waals surface area contributed by atoms with Crippen molar-refractivity contribution in [3.05, 3.63) is 52.2 Å². The maximum atomic E-state index is 5.72. The molecule has 3 heteroatoms. The molecule has 0 aliphatic carbocycles. The summed E-state index contributed by atoms with van der Waals surface area (Å²) in [5.41, 5.74) is 1.29. The molecule has 0 aliphatic rings. The molecule has 1 heterocycles. The summed E-state index contributed by atoms with van der Waals surface area (Å²) in [5.74, 6) is 1.50. The Kier molecular flexibility index (Phi) is 5.83. The van der Waals surface area contributed by atoms with E-state index in [0.29, 0.717) is 18.0 Å². The van der Waals surface area contributed by atoms with Crippen molar-refractivity contribution in [2.75, 3.05) is 6.61 Å². The summed E-state index contributed by atoms with van der Waals surface area (Å²) in [6, 6.07) is 13.4. The summed E-state index contributed by atoms with van der Waals surface area (Å²) in [5, 5.41) is 5.76. The second kappa shape index (κ2) is 7.62. The molecule has 0 spiro atoms. The van der Waals surface area contributed by atoms with Gasteiger partial charge in [0.05, 0.1) is 6.61 Å². The minimum absolute atomic E-state index is 0.321. The third-order valence-electron chi connectivity index (χ3n) is 3.43. The molecule has 21 heavy (non-hydrogen) atoms. The van der Waals surface area contributed by atoms with Gasteiger partial charge in [0.15, 0.2) is 0 Å². The van der Waals surface area contributed by atoms with Gasteiger partial charge in [-0.1, -0.05) is 32.0 Å². The van der Waals surface area contributed by atoms with Crippen LogP contribution in [0.4, 0.5) is 0 Å². The van der Waals surface area contributed by atoms with Crippen molar-refractivity contribution in [3.63, 3.8) is 0 Å². The Hall–Kier alpha value is -1.32. The van der Waals surface area contributed by atoms with E-state index in [-0.39, 0.29) is 0 Å². The van der Waals surface area contributed by atoms with E-state index in [4.69, 9.17) is 4.74 Å². The molecule has 2 rings (SSSR count). The molecule has 2 aromatic rings. The van der Waals surface area contributed by atoms with Gasteiger partial charge in [-0.15, -0.1) is 11.3 Å². The van der Waals surface area contributed by atoms with Crippen LogP contribution in [0.1, 0.15) is 50.2 Å². The lowest BCUT2D eigenvalue weighted by Crippen LogP contribution is -2.21. The Labute approximate surface area is 132 Å². The quantitative estimate of drug-likeness (QED) is 0.759. The summed E-state index contributed by atoms with van der Waals surface area (Å²) in [4.78, 5) is 1.37. The monoisotopic (exact) mass is 303 g/mol. The van der Waals surface area contributed by atoms with Gasteiger partial charge in [0.1, 0.15) is 5.75 Å². The fraction of sp³-hybridized carbons (Fsp3) is 0.444. The minimum atomic E-state index is 0.321. The number of hydrogen-bond acceptors (Lipinski definition) is 3. The van der Waals surface area contributed by atoms with Gasteiger partial charge in [-0.25, -0.2) is 0 Å². The van der Waals surface area contributed by atoms with E-state index >= 15 is 0 Å². The summed E-state index contributed by atoms with van der Waals surface area (Å²) in [6.45, 7) is 9.50. The SMILES string of the molecule is CC(C)COc1ccc(C(C)N[C@H](C)c2cccs2)cc1. The van der Waals surface area contributed by atoms with Crippen LogP contribution in [0.5, 0.6) is 5.75 Å². The first-order chi connectivity index (χ1) is 10.1. The standard InChI is InChI=1S/C18H25NOS/c1-13(2)12-20-17-9-7-16(8-10-17)14(3)19-15(4)18-6-5-11-21-18/h5-11,13-15,19H,12H2,1-4H3/t14?,15-/m1/s1. The van der Waals surface area contributed by atoms with Crippen LogP contribution >= 0.6 is 11.3 Å². The molecule has 0 amide bonds. The summed E-state index contributed by atoms with van der Waals surface area (Å²) < 4.78 is 5.72. The van der Waals surface area contributed by atoms with Crippen LogP contribution in [0.25, 0.3) is 0 Å². The molecule has 1 aromatic heterocycles. The molecular formula is C18H25NOS. The van der Waals surface area contributed by atoms with E-state index in [1.165, 1.54) is 10.4 Å². The van der Waals surface area contributed by atoms with Crippen LogP contribution in [-0.2, 0) is 0 Å². The molecule has 0 saturated heterocycles. The predicted octanol–water partition coefficient (Wildman–Crippen LogP) is 5.19. The minimum Gasteiger partial charge on any atom is -0.493 e. The largest absolute Gasteiger partial charge is 0.493 e. The highest BCUT2D eigenvalue weighted by Crippen LogP contribution is 2.24. The lowest BCUT2D eigenvalue weighted by Gasteiger charge is -2.20. The molecule has 1 aromatic carbocycles. The maximum absolute atomic E-state index is 5.72. The molecule has 0 bridgehead atoms. The first-order valence-corrected chi connectivity index (χ1v) is 8.46. The molecule has 114 valence electrons. The average Bonchev–Trinajstić information content (AvgIpc) is 3.00. The van der Waals surface area contributed by atoms with Crippen LogP contribution in [-0.4, -0.2) is 6.61 Å². The van der Waals surface area contributed by atoms with Crippen LogP contribution in [0, 0.1) is 5.92 Å². The molecule has 0 fully saturated rings. The van der Waals surface area contributed by atoms with E-state index in [9.17, 15) is 0 Å². The Balaban J connectivity index is 1.91. The normalized spacial score (nSPS) is 14.1. The van der Waals surface area contributed by atoms with Gasteiger partial charge < -0.3 is 10.1 Å². The molecular weight excluding hydrogens is 278 g/mol. The Morgan fingerprint density at radius 1 is 1.00 bits per heavy atom. The molecule has 0 aliphatic heterocycles. The molecule has 1 unspecified atom stereocenters. The summed E-state index contributed by atoms with van der Waals surface area (Å²) in [6.07, 6.45) is 0. The van der Waals surface area contributed by atoms with Gasteiger partial charge in [-0.3, -0.25) is 0 Å². The summed E-state index contributed by atoms with van der Waals surface area (Å²) in [7, 11) is 0. The number of thiophene rings is 1. The molecule has 0 saturated carbocycles. The second-order valence-corrected chi connectivity index (χ2v) is 6.88. The summed E-state index contributed by atoms with van der Waals surface area (Å²) >= 11 is 1.80. The first kappa shape index (κ1) is 16.1. The van der Waals surface area contributed by atoms with Gasteiger partial charge >= 0.3 is 0 Å². The zero-order valence-electron chi connectivity index (χ0n) is 13.3. The number of ether oxygens (including phenoxy) is 1. The zero-order chi connectivity index (χ0) is 15.2. The third kappa shape index (κ3) is 4.87. The van der Waals surface area contributed by atoms with Gasteiger partial charge in [-0.2, -0.15) is 0 Å². The zero-order valence-corrected chi connectivity index (χ0v) is 14.1. The molecule has 0 radical (unpaired) electrons. The highest BCUT2D eigenvalue weighted by atomic mass is 32.1. The molecule has 1 N–H and O–H groups in total. The number of hydrogen-bond donors (Lipinski definition) is 1. The smallest absolute Gasteiger partial charge is 0.119 e. The van der Waals surface area contributed by atoms with Crippen molar-refractivity contribution in [2.24, 2.45) is 5.92 Å². The fourth-order valence-corrected chi connectivity index (χ4v) is 2.95.